The van der Waals surface area contributed by atoms with Crippen LogP contribution >= 0.6 is 0 Å². The first-order chi connectivity index (χ1) is 9.56. The van der Waals surface area contributed by atoms with E-state index in [4.69, 9.17) is 4.42 Å². The molecule has 1 aromatic rings. The van der Waals surface area contributed by atoms with Crippen molar-refractivity contribution >= 4 is 11.8 Å². The zero-order valence-electron chi connectivity index (χ0n) is 12.1. The van der Waals surface area contributed by atoms with Gasteiger partial charge in [-0.25, -0.2) is 0 Å². The molecule has 1 N–H and O–H groups in total. The molecule has 1 aromatic heterocycles. The largest absolute Gasteiger partial charge is 0.464 e. The molecule has 0 bridgehead atoms. The first-order valence-electron chi connectivity index (χ1n) is 7.20. The Balaban J connectivity index is 1.86. The van der Waals surface area contributed by atoms with Crippen LogP contribution in [-0.2, 0) is 9.59 Å². The Bertz CT molecular complexity index is 481. The third kappa shape index (κ3) is 3.85. The fraction of sp³-hybridized carbons (Fsp3) is 0.600. The smallest absolute Gasteiger partial charge is 0.240 e. The Morgan fingerprint density at radius 1 is 1.40 bits per heavy atom. The van der Waals surface area contributed by atoms with E-state index in [-0.39, 0.29) is 24.4 Å². The van der Waals surface area contributed by atoms with Crippen molar-refractivity contribution in [2.45, 2.75) is 45.6 Å². The average Bonchev–Trinajstić information content (AvgIpc) is 2.73. The van der Waals surface area contributed by atoms with E-state index in [9.17, 15) is 9.59 Å². The van der Waals surface area contributed by atoms with Gasteiger partial charge in [-0.1, -0.05) is 6.42 Å². The Morgan fingerprint density at radius 2 is 2.20 bits per heavy atom. The maximum Gasteiger partial charge on any atom is 0.240 e. The minimum absolute atomic E-state index is 0.0825. The van der Waals surface area contributed by atoms with Gasteiger partial charge < -0.3 is 14.6 Å². The molecule has 1 aliphatic rings. The SMILES string of the molecule is Cc1ccc(C(C)NC(=O)CN2CCCCCC2=O)o1. The van der Waals surface area contributed by atoms with Crippen molar-refractivity contribution in [3.05, 3.63) is 23.7 Å². The highest BCUT2D eigenvalue weighted by molar-refractivity contribution is 5.85. The number of furan rings is 1. The molecule has 0 aliphatic carbocycles. The molecule has 1 atom stereocenters. The van der Waals surface area contributed by atoms with E-state index < -0.39 is 0 Å². The molecule has 1 saturated heterocycles. The first kappa shape index (κ1) is 14.6. The fourth-order valence-electron chi connectivity index (χ4n) is 2.42. The van der Waals surface area contributed by atoms with E-state index in [1.165, 1.54) is 0 Å². The van der Waals surface area contributed by atoms with Crippen molar-refractivity contribution in [2.75, 3.05) is 13.1 Å². The Kier molecular flexibility index (Phi) is 4.82. The van der Waals surface area contributed by atoms with E-state index in [0.29, 0.717) is 13.0 Å². The van der Waals surface area contributed by atoms with Crippen molar-refractivity contribution < 1.29 is 14.0 Å². The van der Waals surface area contributed by atoms with Crippen molar-refractivity contribution in [3.63, 3.8) is 0 Å². The van der Waals surface area contributed by atoms with Gasteiger partial charge in [-0.15, -0.1) is 0 Å². The highest BCUT2D eigenvalue weighted by Gasteiger charge is 2.20. The minimum atomic E-state index is -0.182. The van der Waals surface area contributed by atoms with Crippen LogP contribution in [0.5, 0.6) is 0 Å². The molecule has 2 rings (SSSR count). The maximum absolute atomic E-state index is 12.0. The molecular weight excluding hydrogens is 256 g/mol. The van der Waals surface area contributed by atoms with Gasteiger partial charge in [0.25, 0.3) is 0 Å². The quantitative estimate of drug-likeness (QED) is 0.918. The Labute approximate surface area is 119 Å². The van der Waals surface area contributed by atoms with Gasteiger partial charge in [0.1, 0.15) is 11.5 Å². The van der Waals surface area contributed by atoms with Crippen LogP contribution in [0.1, 0.15) is 50.2 Å². The zero-order valence-corrected chi connectivity index (χ0v) is 12.1. The molecule has 20 heavy (non-hydrogen) atoms. The lowest BCUT2D eigenvalue weighted by Crippen LogP contribution is -2.41. The van der Waals surface area contributed by atoms with Crippen molar-refractivity contribution in [2.24, 2.45) is 0 Å². The van der Waals surface area contributed by atoms with Crippen molar-refractivity contribution in [3.8, 4) is 0 Å². The number of carbonyl (C=O) groups is 2. The molecule has 2 amide bonds. The molecule has 5 nitrogen and oxygen atoms in total. The summed E-state index contributed by atoms with van der Waals surface area (Å²) >= 11 is 0. The fourth-order valence-corrected chi connectivity index (χ4v) is 2.42. The van der Waals surface area contributed by atoms with Crippen LogP contribution < -0.4 is 5.32 Å². The molecule has 1 unspecified atom stereocenters. The van der Waals surface area contributed by atoms with Crippen LogP contribution in [0.4, 0.5) is 0 Å². The molecule has 0 spiro atoms. The van der Waals surface area contributed by atoms with Gasteiger partial charge in [0, 0.05) is 13.0 Å². The van der Waals surface area contributed by atoms with E-state index in [1.807, 2.05) is 26.0 Å². The number of nitrogens with zero attached hydrogens (tertiary/aromatic N) is 1. The predicted molar refractivity (Wildman–Crippen MR) is 75.1 cm³/mol. The van der Waals surface area contributed by atoms with E-state index in [0.717, 1.165) is 30.8 Å². The van der Waals surface area contributed by atoms with Crippen LogP contribution in [0.25, 0.3) is 0 Å². The summed E-state index contributed by atoms with van der Waals surface area (Å²) in [6, 6.07) is 3.55. The first-order valence-corrected chi connectivity index (χ1v) is 7.20. The number of hydrogen-bond acceptors (Lipinski definition) is 3. The molecule has 110 valence electrons. The molecule has 0 radical (unpaired) electrons. The van der Waals surface area contributed by atoms with Crippen molar-refractivity contribution in [1.82, 2.24) is 10.2 Å². The molecule has 1 aliphatic heterocycles. The second-order valence-electron chi connectivity index (χ2n) is 5.36. The van der Waals surface area contributed by atoms with E-state index >= 15 is 0 Å². The summed E-state index contributed by atoms with van der Waals surface area (Å²) in [5, 5.41) is 2.87. The van der Waals surface area contributed by atoms with Gasteiger partial charge in [-0.05, 0) is 38.8 Å². The molecular formula is C15H22N2O3. The summed E-state index contributed by atoms with van der Waals surface area (Å²) in [6.45, 7) is 4.57. The van der Waals surface area contributed by atoms with Gasteiger partial charge in [0.15, 0.2) is 0 Å². The Morgan fingerprint density at radius 3 is 2.90 bits per heavy atom. The highest BCUT2D eigenvalue weighted by Crippen LogP contribution is 2.16. The maximum atomic E-state index is 12.0. The molecule has 1 fully saturated rings. The zero-order chi connectivity index (χ0) is 14.5. The normalized spacial score (nSPS) is 17.7. The van der Waals surface area contributed by atoms with E-state index in [1.54, 1.807) is 4.90 Å². The third-order valence-corrected chi connectivity index (χ3v) is 3.57. The molecule has 5 heteroatoms. The second kappa shape index (κ2) is 6.59. The monoisotopic (exact) mass is 278 g/mol. The number of hydrogen-bond donors (Lipinski definition) is 1. The summed E-state index contributed by atoms with van der Waals surface area (Å²) in [5.74, 6) is 1.50. The highest BCUT2D eigenvalue weighted by atomic mass is 16.3. The average molecular weight is 278 g/mol. The van der Waals surface area contributed by atoms with Gasteiger partial charge in [0.2, 0.25) is 11.8 Å². The van der Waals surface area contributed by atoms with Gasteiger partial charge in [0.05, 0.1) is 12.6 Å². The van der Waals surface area contributed by atoms with Crippen LogP contribution in [0.3, 0.4) is 0 Å². The lowest BCUT2D eigenvalue weighted by Gasteiger charge is -2.21. The Hall–Kier alpha value is -1.78. The van der Waals surface area contributed by atoms with Crippen LogP contribution in [0, 0.1) is 6.92 Å². The molecule has 0 aromatic carbocycles. The number of amides is 2. The van der Waals surface area contributed by atoms with Crippen molar-refractivity contribution in [1.29, 1.82) is 0 Å². The predicted octanol–water partition coefficient (Wildman–Crippen LogP) is 2.17. The van der Waals surface area contributed by atoms with Crippen LogP contribution in [0.15, 0.2) is 16.5 Å². The van der Waals surface area contributed by atoms with Gasteiger partial charge >= 0.3 is 0 Å². The van der Waals surface area contributed by atoms with Gasteiger partial charge in [-0.2, -0.15) is 0 Å². The lowest BCUT2D eigenvalue weighted by molar-refractivity contribution is -0.135. The molecule has 0 saturated carbocycles. The summed E-state index contributed by atoms with van der Waals surface area (Å²) in [5.41, 5.74) is 0. The summed E-state index contributed by atoms with van der Waals surface area (Å²) in [4.78, 5) is 25.5. The second-order valence-corrected chi connectivity index (χ2v) is 5.36. The summed E-state index contributed by atoms with van der Waals surface area (Å²) in [7, 11) is 0. The van der Waals surface area contributed by atoms with Gasteiger partial charge in [-0.3, -0.25) is 9.59 Å². The van der Waals surface area contributed by atoms with Crippen LogP contribution in [-0.4, -0.2) is 29.8 Å². The van der Waals surface area contributed by atoms with Crippen LogP contribution in [0.2, 0.25) is 0 Å². The number of rotatable bonds is 4. The third-order valence-electron chi connectivity index (χ3n) is 3.57. The number of nitrogens with one attached hydrogen (secondary N) is 1. The topological polar surface area (TPSA) is 62.6 Å². The number of aryl methyl sites for hydroxylation is 1. The lowest BCUT2D eigenvalue weighted by atomic mass is 10.2. The number of carbonyl (C=O) groups excluding carboxylic acids is 2. The molecule has 2 heterocycles. The summed E-state index contributed by atoms with van der Waals surface area (Å²) < 4.78 is 5.48. The standard InChI is InChI=1S/C15H22N2O3/c1-11-7-8-13(20-11)12(2)16-14(18)10-17-9-5-3-4-6-15(17)19/h7-8,12H,3-6,9-10H2,1-2H3,(H,16,18). The number of likely N-dealkylation sites (tertiary alicyclic amines) is 1. The minimum Gasteiger partial charge on any atom is -0.464 e. The van der Waals surface area contributed by atoms with E-state index in [2.05, 4.69) is 5.32 Å². The summed E-state index contributed by atoms with van der Waals surface area (Å²) in [6.07, 6.45) is 3.52.